The fourth-order valence-electron chi connectivity index (χ4n) is 1.10. The first-order valence-corrected chi connectivity index (χ1v) is 4.93. The molecule has 0 amide bonds. The molecule has 0 fully saturated rings. The topological polar surface area (TPSA) is 35.0 Å². The molecule has 0 spiro atoms. The van der Waals surface area contributed by atoms with Crippen molar-refractivity contribution >= 4 is 10.2 Å². The molecule has 10 heavy (non-hydrogen) atoms. The van der Waals surface area contributed by atoms with Gasteiger partial charge >= 0.3 is 0 Å². The van der Waals surface area contributed by atoms with Crippen molar-refractivity contribution in [2.45, 2.75) is 40.0 Å². The highest BCUT2D eigenvalue weighted by molar-refractivity contribution is 6.21. The molecule has 0 aromatic rings. The van der Waals surface area contributed by atoms with Crippen LogP contribution < -0.4 is 6.15 Å². The Morgan fingerprint density at radius 2 is 1.40 bits per heavy atom. The number of hydrogen-bond acceptors (Lipinski definition) is 1. The highest BCUT2D eigenvalue weighted by Crippen LogP contribution is 2.11. The van der Waals surface area contributed by atoms with Crippen molar-refractivity contribution in [3.8, 4) is 0 Å². The first kappa shape index (κ1) is 12.6. The van der Waals surface area contributed by atoms with E-state index >= 15 is 0 Å². The summed E-state index contributed by atoms with van der Waals surface area (Å²) in [6.45, 7) is 6.77. The van der Waals surface area contributed by atoms with Gasteiger partial charge in [-0.1, -0.05) is 31.5 Å². The first-order valence-electron chi connectivity index (χ1n) is 3.93. The van der Waals surface area contributed by atoms with Gasteiger partial charge in [0.2, 0.25) is 0 Å². The van der Waals surface area contributed by atoms with Crippen LogP contribution in [0.15, 0.2) is 10.8 Å². The van der Waals surface area contributed by atoms with Crippen LogP contribution in [0.25, 0.3) is 0 Å². The Balaban J connectivity index is 0. The maximum atomic E-state index is 2.26. The Bertz CT molecular complexity index is 102. The third-order valence-electron chi connectivity index (χ3n) is 1.99. The highest BCUT2D eigenvalue weighted by Gasteiger charge is 1.93. The molecule has 0 radical (unpaired) electrons. The van der Waals surface area contributed by atoms with E-state index in [0.29, 0.717) is 0 Å². The zero-order valence-electron chi connectivity index (χ0n) is 7.83. The summed E-state index contributed by atoms with van der Waals surface area (Å²) < 4.78 is 0. The lowest BCUT2D eigenvalue weighted by molar-refractivity contribution is 0.944. The number of allylic oxidation sites excluding steroid dienone is 2. The van der Waals surface area contributed by atoms with Crippen molar-refractivity contribution in [1.82, 2.24) is 6.15 Å². The van der Waals surface area contributed by atoms with Gasteiger partial charge in [-0.3, -0.25) is 0 Å². The third-order valence-corrected chi connectivity index (χ3v) is 3.40. The lowest BCUT2D eigenvalue weighted by atomic mass is 10.1. The van der Waals surface area contributed by atoms with E-state index in [0.717, 1.165) is 0 Å². The van der Waals surface area contributed by atoms with Crippen LogP contribution in [-0.2, 0) is 0 Å². The second kappa shape index (κ2) is 7.03. The molecule has 0 saturated heterocycles. The summed E-state index contributed by atoms with van der Waals surface area (Å²) in [5.41, 5.74) is 1.70. The van der Waals surface area contributed by atoms with Gasteiger partial charge in [-0.15, -0.1) is 0 Å². The molecule has 2 heteroatoms. The molecule has 0 saturated carbocycles. The molecule has 0 aliphatic rings. The molecular weight excluding hydrogens is 138 g/mol. The monoisotopic (exact) mass is 159 g/mol. The van der Waals surface area contributed by atoms with Crippen LogP contribution in [0.5, 0.6) is 0 Å². The van der Waals surface area contributed by atoms with Gasteiger partial charge in [0.25, 0.3) is 0 Å². The van der Waals surface area contributed by atoms with Gasteiger partial charge in [-0.25, -0.2) is 0 Å². The van der Waals surface area contributed by atoms with Crippen molar-refractivity contribution in [3.63, 3.8) is 0 Å². The van der Waals surface area contributed by atoms with Crippen LogP contribution in [0.2, 0.25) is 0 Å². The van der Waals surface area contributed by atoms with E-state index in [1.807, 2.05) is 0 Å². The van der Waals surface area contributed by atoms with Crippen LogP contribution in [-0.4, -0.2) is 10.2 Å². The SMILES string of the molecule is CCC([SiH3])=C(CC)CC.N. The molecule has 0 unspecified atom stereocenters. The van der Waals surface area contributed by atoms with Crippen LogP contribution in [0.4, 0.5) is 0 Å². The van der Waals surface area contributed by atoms with Crippen LogP contribution in [0.1, 0.15) is 40.0 Å². The van der Waals surface area contributed by atoms with Crippen molar-refractivity contribution in [3.05, 3.63) is 10.8 Å². The van der Waals surface area contributed by atoms with Crippen molar-refractivity contribution in [1.29, 1.82) is 0 Å². The van der Waals surface area contributed by atoms with Gasteiger partial charge in [-0.2, -0.15) is 0 Å². The lowest BCUT2D eigenvalue weighted by Gasteiger charge is -2.04. The summed E-state index contributed by atoms with van der Waals surface area (Å²) in [5, 5.41) is 1.72. The molecule has 62 valence electrons. The zero-order chi connectivity index (χ0) is 7.28. The fraction of sp³-hybridized carbons (Fsp3) is 0.750. The summed E-state index contributed by atoms with van der Waals surface area (Å²) in [7, 11) is 1.27. The largest absolute Gasteiger partial charge is 0.344 e. The molecule has 0 heterocycles. The molecule has 1 nitrogen and oxygen atoms in total. The number of hydrogen-bond donors (Lipinski definition) is 1. The number of rotatable bonds is 3. The fourth-order valence-corrected chi connectivity index (χ4v) is 1.81. The van der Waals surface area contributed by atoms with Gasteiger partial charge in [0.1, 0.15) is 0 Å². The lowest BCUT2D eigenvalue weighted by Crippen LogP contribution is -1.87. The van der Waals surface area contributed by atoms with Gasteiger partial charge in [0.15, 0.2) is 0 Å². The zero-order valence-corrected chi connectivity index (χ0v) is 9.83. The minimum Gasteiger partial charge on any atom is -0.344 e. The standard InChI is InChI=1S/C8H18Si.H3N/c1-4-7(5-2)8(9)6-3;/h4-6H2,1-3,9H3;1H3. The van der Waals surface area contributed by atoms with E-state index in [4.69, 9.17) is 0 Å². The Morgan fingerprint density at radius 3 is 1.50 bits per heavy atom. The van der Waals surface area contributed by atoms with Gasteiger partial charge < -0.3 is 6.15 Å². The normalized spacial score (nSPS) is 8.70. The molecular formula is C8H21NSi. The van der Waals surface area contributed by atoms with Gasteiger partial charge in [0, 0.05) is 10.2 Å². The molecule has 0 atom stereocenters. The Labute approximate surface area is 67.9 Å². The first-order chi connectivity index (χ1) is 4.26. The van der Waals surface area contributed by atoms with E-state index in [1.165, 1.54) is 29.5 Å². The molecule has 0 aromatic carbocycles. The summed E-state index contributed by atoms with van der Waals surface area (Å²) >= 11 is 0. The Kier molecular flexibility index (Phi) is 8.84. The molecule has 0 rings (SSSR count). The van der Waals surface area contributed by atoms with E-state index < -0.39 is 0 Å². The van der Waals surface area contributed by atoms with E-state index in [-0.39, 0.29) is 6.15 Å². The van der Waals surface area contributed by atoms with Crippen molar-refractivity contribution in [2.75, 3.05) is 0 Å². The molecule has 3 N–H and O–H groups in total. The third kappa shape index (κ3) is 3.85. The van der Waals surface area contributed by atoms with Crippen molar-refractivity contribution < 1.29 is 0 Å². The highest BCUT2D eigenvalue weighted by atomic mass is 28.1. The second-order valence-corrected chi connectivity index (χ2v) is 3.65. The average molecular weight is 159 g/mol. The predicted octanol–water partition coefficient (Wildman–Crippen LogP) is 2.00. The van der Waals surface area contributed by atoms with Crippen LogP contribution >= 0.6 is 0 Å². The molecule has 0 aliphatic heterocycles. The summed E-state index contributed by atoms with van der Waals surface area (Å²) in [6.07, 6.45) is 3.82. The van der Waals surface area contributed by atoms with Gasteiger partial charge in [0.05, 0.1) is 0 Å². The average Bonchev–Trinajstić information content (AvgIpc) is 1.90. The second-order valence-electron chi connectivity index (χ2n) is 2.44. The minimum absolute atomic E-state index is 0. The van der Waals surface area contributed by atoms with Crippen LogP contribution in [0.3, 0.4) is 0 Å². The van der Waals surface area contributed by atoms with Crippen LogP contribution in [0, 0.1) is 0 Å². The van der Waals surface area contributed by atoms with E-state index in [1.54, 1.807) is 10.8 Å². The van der Waals surface area contributed by atoms with E-state index in [9.17, 15) is 0 Å². The van der Waals surface area contributed by atoms with Gasteiger partial charge in [-0.05, 0) is 19.3 Å². The summed E-state index contributed by atoms with van der Waals surface area (Å²) in [6, 6.07) is 0. The maximum Gasteiger partial charge on any atom is 0.0332 e. The summed E-state index contributed by atoms with van der Waals surface area (Å²) in [4.78, 5) is 0. The quantitative estimate of drug-likeness (QED) is 0.628. The maximum absolute atomic E-state index is 2.26. The minimum atomic E-state index is 0. The summed E-state index contributed by atoms with van der Waals surface area (Å²) in [5.74, 6) is 0. The predicted molar refractivity (Wildman–Crippen MR) is 52.9 cm³/mol. The molecule has 0 aliphatic carbocycles. The Hall–Kier alpha value is -0.0831. The Morgan fingerprint density at radius 1 is 1.00 bits per heavy atom. The van der Waals surface area contributed by atoms with E-state index in [2.05, 4.69) is 20.8 Å². The molecule has 0 bridgehead atoms. The molecule has 0 aromatic heterocycles. The van der Waals surface area contributed by atoms with Crippen molar-refractivity contribution in [2.24, 2.45) is 0 Å². The smallest absolute Gasteiger partial charge is 0.0332 e.